The van der Waals surface area contributed by atoms with Crippen molar-refractivity contribution in [3.05, 3.63) is 94.6 Å². The van der Waals surface area contributed by atoms with Gasteiger partial charge in [-0.3, -0.25) is 0 Å². The number of rotatable bonds is 6. The normalized spacial score (nSPS) is 17.9. The van der Waals surface area contributed by atoms with Crippen molar-refractivity contribution in [1.29, 1.82) is 0 Å². The van der Waals surface area contributed by atoms with Gasteiger partial charge >= 0.3 is 12.1 Å². The average Bonchev–Trinajstić information content (AvgIpc) is 2.87. The summed E-state index contributed by atoms with van der Waals surface area (Å²) in [5.74, 6) is -4.82. The van der Waals surface area contributed by atoms with Crippen molar-refractivity contribution in [3.8, 4) is 16.9 Å². The number of halogens is 7. The summed E-state index contributed by atoms with van der Waals surface area (Å²) in [4.78, 5) is 12.6. The minimum absolute atomic E-state index is 0.221. The minimum Gasteiger partial charge on any atom is -0.423 e. The predicted molar refractivity (Wildman–Crippen MR) is 133 cm³/mol. The van der Waals surface area contributed by atoms with Crippen LogP contribution in [0.3, 0.4) is 0 Å². The van der Waals surface area contributed by atoms with E-state index in [9.17, 15) is 35.5 Å². The molecule has 0 unspecified atom stereocenters. The molecule has 9 heteroatoms. The van der Waals surface area contributed by atoms with Crippen LogP contribution in [-0.4, -0.2) is 12.1 Å². The number of carbonyl (C=O) groups is 1. The fourth-order valence-corrected chi connectivity index (χ4v) is 4.89. The van der Waals surface area contributed by atoms with Gasteiger partial charge in [0, 0.05) is 23.3 Å². The predicted octanol–water partition coefficient (Wildman–Crippen LogP) is 9.39. The monoisotopic (exact) mass is 550 g/mol. The maximum atomic E-state index is 14.8. The largest absolute Gasteiger partial charge is 0.423 e. The molecule has 0 amide bonds. The molecule has 3 aromatic carbocycles. The van der Waals surface area contributed by atoms with Gasteiger partial charge in [-0.1, -0.05) is 19.4 Å². The summed E-state index contributed by atoms with van der Waals surface area (Å²) in [6.45, 7) is 2.16. The molecule has 0 bridgehead atoms. The Bertz CT molecular complexity index is 1360. The molecular formula is C30H25F7O2. The van der Waals surface area contributed by atoms with E-state index in [1.807, 2.05) is 0 Å². The quantitative estimate of drug-likeness (QED) is 0.174. The second-order valence-electron chi connectivity index (χ2n) is 9.62. The molecule has 0 aromatic heterocycles. The topological polar surface area (TPSA) is 26.3 Å². The number of hydrogen-bond donors (Lipinski definition) is 0. The summed E-state index contributed by atoms with van der Waals surface area (Å²) in [6, 6.07) is 8.77. The van der Waals surface area contributed by atoms with Crippen LogP contribution in [0.5, 0.6) is 5.75 Å². The Labute approximate surface area is 221 Å². The molecule has 0 saturated heterocycles. The zero-order valence-corrected chi connectivity index (χ0v) is 20.9. The Morgan fingerprint density at radius 1 is 0.872 bits per heavy atom. The highest BCUT2D eigenvalue weighted by Gasteiger charge is 2.25. The lowest BCUT2D eigenvalue weighted by Gasteiger charge is -2.28. The molecule has 0 radical (unpaired) electrons. The van der Waals surface area contributed by atoms with Crippen molar-refractivity contribution in [2.24, 2.45) is 5.92 Å². The first-order chi connectivity index (χ1) is 18.4. The maximum Gasteiger partial charge on any atom is 0.409 e. The summed E-state index contributed by atoms with van der Waals surface area (Å²) in [5, 5.41) is 0. The zero-order chi connectivity index (χ0) is 28.3. The van der Waals surface area contributed by atoms with E-state index >= 15 is 0 Å². The molecule has 0 N–H and O–H groups in total. The lowest BCUT2D eigenvalue weighted by atomic mass is 9.78. The van der Waals surface area contributed by atoms with E-state index in [1.54, 1.807) is 6.07 Å². The van der Waals surface area contributed by atoms with Gasteiger partial charge in [0.2, 0.25) is 0 Å². The minimum atomic E-state index is -4.77. The summed E-state index contributed by atoms with van der Waals surface area (Å²) < 4.78 is 100. The van der Waals surface area contributed by atoms with Gasteiger partial charge in [-0.15, -0.1) is 0 Å². The van der Waals surface area contributed by atoms with Crippen molar-refractivity contribution in [3.63, 3.8) is 0 Å². The molecule has 0 aliphatic heterocycles. The molecule has 1 aliphatic carbocycles. The van der Waals surface area contributed by atoms with Gasteiger partial charge in [-0.05, 0) is 91.1 Å². The zero-order valence-electron chi connectivity index (χ0n) is 20.9. The number of carbonyl (C=O) groups excluding carboxylic acids is 1. The van der Waals surface area contributed by atoms with Crippen LogP contribution in [0.25, 0.3) is 17.2 Å². The molecule has 0 heterocycles. The van der Waals surface area contributed by atoms with Crippen molar-refractivity contribution in [2.45, 2.75) is 51.1 Å². The molecule has 4 rings (SSSR count). The lowest BCUT2D eigenvalue weighted by molar-refractivity contribution is -0.0790. The van der Waals surface area contributed by atoms with Crippen LogP contribution in [0.2, 0.25) is 0 Å². The highest BCUT2D eigenvalue weighted by molar-refractivity contribution is 5.91. The number of ether oxygens (including phenoxy) is 1. The van der Waals surface area contributed by atoms with Gasteiger partial charge in [-0.2, -0.15) is 13.2 Å². The van der Waals surface area contributed by atoms with Crippen LogP contribution in [0.1, 0.15) is 66.4 Å². The van der Waals surface area contributed by atoms with E-state index in [0.29, 0.717) is 18.1 Å². The van der Waals surface area contributed by atoms with Gasteiger partial charge in [0.15, 0.2) is 0 Å². The molecule has 3 aromatic rings. The van der Waals surface area contributed by atoms with E-state index in [4.69, 9.17) is 4.74 Å². The molecule has 0 atom stereocenters. The van der Waals surface area contributed by atoms with Crippen LogP contribution >= 0.6 is 0 Å². The Balaban J connectivity index is 1.48. The molecule has 1 aliphatic rings. The molecule has 1 fully saturated rings. The molecule has 1 saturated carbocycles. The Morgan fingerprint density at radius 3 is 2.10 bits per heavy atom. The third kappa shape index (κ3) is 6.88. The third-order valence-corrected chi connectivity index (χ3v) is 7.09. The molecule has 0 spiro atoms. The number of esters is 1. The first-order valence-corrected chi connectivity index (χ1v) is 12.5. The first-order valence-electron chi connectivity index (χ1n) is 12.5. The van der Waals surface area contributed by atoms with E-state index in [2.05, 4.69) is 6.92 Å². The molecule has 39 heavy (non-hydrogen) atoms. The average molecular weight is 551 g/mol. The van der Waals surface area contributed by atoms with Gasteiger partial charge in [0.25, 0.3) is 0 Å². The highest BCUT2D eigenvalue weighted by atomic mass is 19.4. The number of hydrogen-bond acceptors (Lipinski definition) is 2. The second kappa shape index (κ2) is 11.6. The molecule has 2 nitrogen and oxygen atoms in total. The van der Waals surface area contributed by atoms with Gasteiger partial charge in [0.05, 0.1) is 5.56 Å². The fraction of sp³-hybridized carbons (Fsp3) is 0.300. The number of alkyl halides is 3. The van der Waals surface area contributed by atoms with Crippen LogP contribution in [0.4, 0.5) is 30.7 Å². The van der Waals surface area contributed by atoms with E-state index in [-0.39, 0.29) is 40.5 Å². The van der Waals surface area contributed by atoms with Crippen molar-refractivity contribution < 1.29 is 40.3 Å². The second-order valence-corrected chi connectivity index (χ2v) is 9.62. The van der Waals surface area contributed by atoms with Gasteiger partial charge in [0.1, 0.15) is 29.0 Å². The first kappa shape index (κ1) is 28.4. The fourth-order valence-electron chi connectivity index (χ4n) is 4.89. The van der Waals surface area contributed by atoms with Crippen LogP contribution in [0.15, 0.2) is 54.6 Å². The molecular weight excluding hydrogens is 525 g/mol. The summed E-state index contributed by atoms with van der Waals surface area (Å²) in [5.41, 5.74) is -0.999. The third-order valence-electron chi connectivity index (χ3n) is 7.09. The lowest BCUT2D eigenvalue weighted by Crippen LogP contribution is -2.14. The Hall–Kier alpha value is -3.62. The van der Waals surface area contributed by atoms with E-state index in [0.717, 1.165) is 55.9 Å². The van der Waals surface area contributed by atoms with Crippen molar-refractivity contribution in [2.75, 3.05) is 0 Å². The van der Waals surface area contributed by atoms with Gasteiger partial charge in [-0.25, -0.2) is 22.4 Å². The summed E-state index contributed by atoms with van der Waals surface area (Å²) in [6.07, 6.45) is 0.343. The van der Waals surface area contributed by atoms with Crippen molar-refractivity contribution in [1.82, 2.24) is 0 Å². The Kier molecular flexibility index (Phi) is 8.47. The summed E-state index contributed by atoms with van der Waals surface area (Å²) >= 11 is 0. The molecule has 206 valence electrons. The van der Waals surface area contributed by atoms with Crippen molar-refractivity contribution >= 4 is 12.0 Å². The maximum absolute atomic E-state index is 14.8. The van der Waals surface area contributed by atoms with E-state index in [1.165, 1.54) is 12.1 Å². The Morgan fingerprint density at radius 2 is 1.54 bits per heavy atom. The highest BCUT2D eigenvalue weighted by Crippen LogP contribution is 2.37. The van der Waals surface area contributed by atoms with Gasteiger partial charge < -0.3 is 4.74 Å². The number of benzene rings is 3. The van der Waals surface area contributed by atoms with Crippen LogP contribution < -0.4 is 4.74 Å². The van der Waals surface area contributed by atoms with E-state index < -0.39 is 41.0 Å². The number of allylic oxidation sites excluding steroid dienone is 1. The summed E-state index contributed by atoms with van der Waals surface area (Å²) in [7, 11) is 0. The van der Waals surface area contributed by atoms with Crippen LogP contribution in [0, 0.1) is 29.2 Å². The SMILES string of the molecule is CCC1CCC(c2ccc(C(=O)Oc3ccc(-c4cc(F)c(C=CC(F)(F)F)c(F)c4)c(F)c3)c(F)c2)CC1. The standard InChI is InChI=1S/C30H25F7O2/c1-2-17-3-5-18(6-4-17)19-7-9-24(27(33)13-19)29(38)39-21-8-10-22(28(34)16-21)20-14-25(31)23(26(32)15-20)11-12-30(35,36)37/h7-18H,2-6H2,1H3. The smallest absolute Gasteiger partial charge is 0.409 e. The van der Waals surface area contributed by atoms with Crippen LogP contribution in [-0.2, 0) is 0 Å².